The van der Waals surface area contributed by atoms with Crippen LogP contribution in [-0.4, -0.2) is 39.1 Å². The van der Waals surface area contributed by atoms with Crippen molar-refractivity contribution in [2.24, 2.45) is 0 Å². The number of nitrogens with zero attached hydrogens (tertiary/aromatic N) is 5. The van der Waals surface area contributed by atoms with Gasteiger partial charge in [0.25, 0.3) is 0 Å². The molecule has 0 radical (unpaired) electrons. The Hall–Kier alpha value is -3.85. The van der Waals surface area contributed by atoms with E-state index in [4.69, 9.17) is 44.3 Å². The van der Waals surface area contributed by atoms with Crippen LogP contribution in [0.25, 0.3) is 0 Å². The van der Waals surface area contributed by atoms with Crippen molar-refractivity contribution in [3.8, 4) is 11.8 Å². The van der Waals surface area contributed by atoms with Gasteiger partial charge in [0.2, 0.25) is 11.8 Å². The van der Waals surface area contributed by atoms with E-state index in [0.717, 1.165) is 17.0 Å². The predicted molar refractivity (Wildman–Crippen MR) is 248 cm³/mol. The summed E-state index contributed by atoms with van der Waals surface area (Å²) in [6.07, 6.45) is 6.49. The Bertz CT molecular complexity index is 1930. The van der Waals surface area contributed by atoms with Crippen molar-refractivity contribution in [1.82, 2.24) is 24.9 Å². The molecule has 5 heterocycles. The second kappa shape index (κ2) is 22.7. The number of aromatic nitrogens is 5. The molecule has 7 nitrogen and oxygen atoms in total. The number of halogens is 4. The van der Waals surface area contributed by atoms with Crippen LogP contribution >= 0.6 is 34.8 Å². The molecule has 0 aliphatic rings. The van der Waals surface area contributed by atoms with Gasteiger partial charge in [0.15, 0.2) is 0 Å². The summed E-state index contributed by atoms with van der Waals surface area (Å²) in [5.74, 6) is 1.08. The van der Waals surface area contributed by atoms with Gasteiger partial charge in [-0.3, -0.25) is 4.98 Å². The Morgan fingerprint density at radius 1 is 0.492 bits per heavy atom. The highest BCUT2D eigenvalue weighted by atomic mass is 35.5. The lowest BCUT2D eigenvalue weighted by molar-refractivity contribution is 0.395. The predicted octanol–water partition coefficient (Wildman–Crippen LogP) is 14.3. The molecule has 0 aliphatic carbocycles. The standard InChI is InChI=1S/C11H17NO.C10H15NO.C9H11Cl2N.C9H12ClN.C9H12FN/c1-8-9(11(2,3)4)6-7-10(12-8)13-5;1-10(2,3)8-5-6-9(12-4)11-7-8;1-9(2,3)7-4-6(10)5-12-8(7)11;1-9(2,3)7-4-5-8(10)11-6-7;1-9(2,3)8-5-4-7(10)6-11-8/h6-7H,1-5H3;5-7H,1-4H3;4-5H,1-3H3;2*4-6H,1-3H3. The molecule has 11 heteroatoms. The first-order valence-corrected chi connectivity index (χ1v) is 20.6. The summed E-state index contributed by atoms with van der Waals surface area (Å²) in [6.45, 7) is 33.9. The highest BCUT2D eigenvalue weighted by Crippen LogP contribution is 2.30. The molecule has 0 bridgehead atoms. The third-order valence-electron chi connectivity index (χ3n) is 8.59. The fraction of sp³-hybridized carbons (Fsp3) is 0.479. The SMILES string of the molecule is CC(C)(C)c1cc(Cl)cnc1Cl.CC(C)(C)c1ccc(Cl)nc1.CC(C)(C)c1ccc(F)cn1.COc1ccc(C(C)(C)C)c(C)n1.COc1ccc(C(C)(C)C)cn1. The number of aryl methyl sites for hydroxylation is 1. The maximum Gasteiger partial charge on any atom is 0.213 e. The molecule has 5 aromatic heterocycles. The van der Waals surface area contributed by atoms with Crippen molar-refractivity contribution in [1.29, 1.82) is 0 Å². The molecule has 0 spiro atoms. The first-order chi connectivity index (χ1) is 26.9. The molecule has 0 unspecified atom stereocenters. The molecule has 0 aliphatic heterocycles. The van der Waals surface area contributed by atoms with Crippen molar-refractivity contribution < 1.29 is 13.9 Å². The van der Waals surface area contributed by atoms with Crippen LogP contribution in [0.1, 0.15) is 137 Å². The Morgan fingerprint density at radius 2 is 1.00 bits per heavy atom. The van der Waals surface area contributed by atoms with E-state index in [1.807, 2.05) is 76.5 Å². The number of hydrogen-bond acceptors (Lipinski definition) is 7. The summed E-state index contributed by atoms with van der Waals surface area (Å²) in [7, 11) is 3.26. The smallest absolute Gasteiger partial charge is 0.213 e. The molecule has 0 fully saturated rings. The molecule has 0 amide bonds. The molecule has 324 valence electrons. The normalized spacial score (nSPS) is 11.6. The zero-order chi connectivity index (χ0) is 45.6. The van der Waals surface area contributed by atoms with E-state index in [0.29, 0.717) is 27.1 Å². The largest absolute Gasteiger partial charge is 0.481 e. The number of pyridine rings is 5. The summed E-state index contributed by atoms with van der Waals surface area (Å²) in [6, 6.07) is 16.8. The summed E-state index contributed by atoms with van der Waals surface area (Å²) >= 11 is 17.4. The zero-order valence-corrected chi connectivity index (χ0v) is 40.8. The summed E-state index contributed by atoms with van der Waals surface area (Å²) in [5.41, 5.74) is 7.14. The maximum atomic E-state index is 12.4. The molecule has 59 heavy (non-hydrogen) atoms. The number of hydrogen-bond donors (Lipinski definition) is 0. The first kappa shape index (κ1) is 53.2. The van der Waals surface area contributed by atoms with Crippen LogP contribution < -0.4 is 9.47 Å². The molecule has 0 saturated carbocycles. The second-order valence-electron chi connectivity index (χ2n) is 19.0. The minimum atomic E-state index is -0.280. The minimum absolute atomic E-state index is 0.00498. The van der Waals surface area contributed by atoms with Crippen LogP contribution in [0, 0.1) is 12.7 Å². The molecule has 0 saturated heterocycles. The summed E-state index contributed by atoms with van der Waals surface area (Å²) in [4.78, 5) is 20.4. The van der Waals surface area contributed by atoms with E-state index in [-0.39, 0.29) is 32.9 Å². The van der Waals surface area contributed by atoms with Crippen LogP contribution in [0.3, 0.4) is 0 Å². The van der Waals surface area contributed by atoms with Crippen LogP contribution in [0.2, 0.25) is 15.3 Å². The first-order valence-electron chi connectivity index (χ1n) is 19.5. The highest BCUT2D eigenvalue weighted by Gasteiger charge is 2.19. The van der Waals surface area contributed by atoms with Gasteiger partial charge in [-0.2, -0.15) is 0 Å². The van der Waals surface area contributed by atoms with Crippen molar-refractivity contribution >= 4 is 34.8 Å². The van der Waals surface area contributed by atoms with Crippen LogP contribution in [0.5, 0.6) is 11.8 Å². The minimum Gasteiger partial charge on any atom is -0.481 e. The van der Waals surface area contributed by atoms with Gasteiger partial charge in [-0.15, -0.1) is 0 Å². The van der Waals surface area contributed by atoms with E-state index in [1.165, 1.54) is 29.0 Å². The van der Waals surface area contributed by atoms with Crippen LogP contribution in [0.15, 0.2) is 79.4 Å². The fourth-order valence-corrected chi connectivity index (χ4v) is 5.63. The highest BCUT2D eigenvalue weighted by molar-refractivity contribution is 6.32. The molecular weight excluding hydrogens is 804 g/mol. The lowest BCUT2D eigenvalue weighted by Gasteiger charge is -2.20. The van der Waals surface area contributed by atoms with Gasteiger partial charge in [0, 0.05) is 47.5 Å². The van der Waals surface area contributed by atoms with Gasteiger partial charge in [-0.05, 0) is 75.1 Å². The molecule has 5 rings (SSSR count). The average molecular weight is 871 g/mol. The monoisotopic (exact) mass is 869 g/mol. The topological polar surface area (TPSA) is 82.9 Å². The van der Waals surface area contributed by atoms with Gasteiger partial charge in [0.05, 0.1) is 25.4 Å². The van der Waals surface area contributed by atoms with Gasteiger partial charge in [-0.1, -0.05) is 157 Å². The van der Waals surface area contributed by atoms with E-state index >= 15 is 0 Å². The molecule has 0 N–H and O–H groups in total. The number of methoxy groups -OCH3 is 2. The molecular formula is C48H67Cl3FN5O2. The van der Waals surface area contributed by atoms with Crippen molar-refractivity contribution in [3.05, 3.63) is 134 Å². The van der Waals surface area contributed by atoms with Gasteiger partial charge < -0.3 is 9.47 Å². The second-order valence-corrected chi connectivity index (χ2v) is 20.2. The number of rotatable bonds is 2. The molecule has 0 atom stereocenters. The van der Waals surface area contributed by atoms with Crippen molar-refractivity contribution in [2.75, 3.05) is 14.2 Å². The Morgan fingerprint density at radius 3 is 1.36 bits per heavy atom. The molecule has 0 aromatic carbocycles. The van der Waals surface area contributed by atoms with E-state index in [9.17, 15) is 4.39 Å². The lowest BCUT2D eigenvalue weighted by atomic mass is 9.86. The maximum absolute atomic E-state index is 12.4. The van der Waals surface area contributed by atoms with Crippen LogP contribution in [0.4, 0.5) is 4.39 Å². The van der Waals surface area contributed by atoms with Crippen molar-refractivity contribution in [2.45, 2.75) is 138 Å². The van der Waals surface area contributed by atoms with E-state index < -0.39 is 0 Å². The Labute approximate surface area is 369 Å². The van der Waals surface area contributed by atoms with Gasteiger partial charge >= 0.3 is 0 Å². The summed E-state index contributed by atoms with van der Waals surface area (Å²) in [5, 5.41) is 1.72. The number of ether oxygens (including phenoxy) is 2. The molecule has 5 aromatic rings. The van der Waals surface area contributed by atoms with Gasteiger partial charge in [0.1, 0.15) is 16.1 Å². The fourth-order valence-electron chi connectivity index (χ4n) is 4.98. The van der Waals surface area contributed by atoms with E-state index in [2.05, 4.69) is 114 Å². The van der Waals surface area contributed by atoms with Gasteiger partial charge in [-0.25, -0.2) is 24.3 Å². The quantitative estimate of drug-likeness (QED) is 0.163. The van der Waals surface area contributed by atoms with Crippen LogP contribution in [-0.2, 0) is 27.1 Å². The third-order valence-corrected chi connectivity index (χ3v) is 9.32. The zero-order valence-electron chi connectivity index (χ0n) is 38.6. The average Bonchev–Trinajstić information content (AvgIpc) is 3.12. The Kier molecular flexibility index (Phi) is 20.4. The Balaban J connectivity index is 0.000000369. The summed E-state index contributed by atoms with van der Waals surface area (Å²) < 4.78 is 22.4. The third kappa shape index (κ3) is 19.8. The van der Waals surface area contributed by atoms with E-state index in [1.54, 1.807) is 26.5 Å². The van der Waals surface area contributed by atoms with Crippen molar-refractivity contribution in [3.63, 3.8) is 0 Å². The lowest BCUT2D eigenvalue weighted by Crippen LogP contribution is -2.13.